The Morgan fingerprint density at radius 1 is 0.543 bits per heavy atom. The SMILES string of the molecule is NC(CS)C(=O)O.O=CCCCC=O.O=CCCCC=O.O=CCCCC=O.O=CCCCC=O. The van der Waals surface area contributed by atoms with Gasteiger partial charge in [0.2, 0.25) is 0 Å². The van der Waals surface area contributed by atoms with Crippen molar-refractivity contribution in [2.75, 3.05) is 5.75 Å². The number of carbonyl (C=O) groups excluding carboxylic acids is 8. The fourth-order valence-corrected chi connectivity index (χ4v) is 1.37. The lowest BCUT2D eigenvalue weighted by Crippen LogP contribution is -2.31. The number of aldehydes is 8. The third kappa shape index (κ3) is 72.2. The van der Waals surface area contributed by atoms with Gasteiger partial charge in [-0.1, -0.05) is 0 Å². The first-order valence-electron chi connectivity index (χ1n) is 10.9. The monoisotopic (exact) mass is 521 g/mol. The Bertz CT molecular complexity index is 426. The van der Waals surface area contributed by atoms with Gasteiger partial charge in [0.1, 0.15) is 56.3 Å². The second-order valence-electron chi connectivity index (χ2n) is 6.18. The molecule has 0 heterocycles. The molecule has 0 aliphatic carbocycles. The number of carbonyl (C=O) groups is 9. The zero-order chi connectivity index (χ0) is 28.0. The zero-order valence-corrected chi connectivity index (χ0v) is 20.9. The van der Waals surface area contributed by atoms with E-state index in [0.717, 1.165) is 50.3 Å². The van der Waals surface area contributed by atoms with Crippen LogP contribution in [0.4, 0.5) is 0 Å². The number of nitrogens with two attached hydrogens (primary N) is 1. The summed E-state index contributed by atoms with van der Waals surface area (Å²) in [6, 6.07) is -0.816. The second-order valence-corrected chi connectivity index (χ2v) is 6.55. The van der Waals surface area contributed by atoms with E-state index in [1.54, 1.807) is 0 Å². The maximum Gasteiger partial charge on any atom is 0.321 e. The van der Waals surface area contributed by atoms with Crippen LogP contribution in [-0.2, 0) is 43.2 Å². The molecule has 12 heteroatoms. The third-order valence-corrected chi connectivity index (χ3v) is 3.48. The van der Waals surface area contributed by atoms with E-state index in [0.29, 0.717) is 77.0 Å². The lowest BCUT2D eigenvalue weighted by Gasteiger charge is -1.96. The number of carboxylic acid groups (broad SMARTS) is 1. The van der Waals surface area contributed by atoms with Crippen LogP contribution in [0.3, 0.4) is 0 Å². The number of aliphatic carboxylic acids is 1. The van der Waals surface area contributed by atoms with Crippen LogP contribution < -0.4 is 5.73 Å². The summed E-state index contributed by atoms with van der Waals surface area (Å²) >= 11 is 3.65. The van der Waals surface area contributed by atoms with Crippen LogP contribution in [0, 0.1) is 0 Å². The molecule has 0 aromatic heterocycles. The Hall–Kier alpha value is -2.86. The molecular formula is C23H39NO10S. The summed E-state index contributed by atoms with van der Waals surface area (Å²) < 4.78 is 0. The average Bonchev–Trinajstić information content (AvgIpc) is 2.86. The molecule has 1 unspecified atom stereocenters. The lowest BCUT2D eigenvalue weighted by molar-refractivity contribution is -0.138. The smallest absolute Gasteiger partial charge is 0.321 e. The van der Waals surface area contributed by atoms with Crippen molar-refractivity contribution < 1.29 is 48.3 Å². The lowest BCUT2D eigenvalue weighted by atomic mass is 10.3. The second kappa shape index (κ2) is 48.5. The molecule has 0 saturated carbocycles. The van der Waals surface area contributed by atoms with Gasteiger partial charge in [0.05, 0.1) is 0 Å². The summed E-state index contributed by atoms with van der Waals surface area (Å²) in [6.45, 7) is 0. The predicted octanol–water partition coefficient (Wildman–Crippen LogP) is 1.55. The van der Waals surface area contributed by atoms with Gasteiger partial charge in [-0.05, 0) is 25.7 Å². The van der Waals surface area contributed by atoms with Gasteiger partial charge in [0.25, 0.3) is 0 Å². The maximum absolute atomic E-state index is 9.76. The highest BCUT2D eigenvalue weighted by Crippen LogP contribution is 1.87. The minimum absolute atomic E-state index is 0.190. The highest BCUT2D eigenvalue weighted by Gasteiger charge is 2.06. The summed E-state index contributed by atoms with van der Waals surface area (Å²) in [4.78, 5) is 86.3. The Kier molecular flexibility index (Phi) is 58.7. The minimum Gasteiger partial charge on any atom is -0.480 e. The molecule has 0 radical (unpaired) electrons. The number of carboxylic acids is 1. The van der Waals surface area contributed by atoms with E-state index in [4.69, 9.17) is 10.8 Å². The van der Waals surface area contributed by atoms with Gasteiger partial charge < -0.3 is 49.2 Å². The Morgan fingerprint density at radius 2 is 0.714 bits per heavy atom. The van der Waals surface area contributed by atoms with Crippen molar-refractivity contribution in [1.29, 1.82) is 0 Å². The Morgan fingerprint density at radius 3 is 0.771 bits per heavy atom. The molecule has 0 spiro atoms. The van der Waals surface area contributed by atoms with Crippen LogP contribution in [-0.4, -0.2) is 73.2 Å². The van der Waals surface area contributed by atoms with Crippen molar-refractivity contribution in [3.8, 4) is 0 Å². The molecule has 35 heavy (non-hydrogen) atoms. The van der Waals surface area contributed by atoms with Crippen LogP contribution in [0.5, 0.6) is 0 Å². The number of hydrogen-bond donors (Lipinski definition) is 3. The molecule has 0 bridgehead atoms. The average molecular weight is 522 g/mol. The third-order valence-electron chi connectivity index (χ3n) is 3.09. The van der Waals surface area contributed by atoms with Crippen LogP contribution in [0.15, 0.2) is 0 Å². The summed E-state index contributed by atoms with van der Waals surface area (Å²) in [5, 5.41) is 8.01. The molecule has 0 aromatic rings. The molecule has 202 valence electrons. The first kappa shape index (κ1) is 42.3. The molecule has 0 amide bonds. The first-order valence-corrected chi connectivity index (χ1v) is 11.6. The van der Waals surface area contributed by atoms with Crippen molar-refractivity contribution in [3.05, 3.63) is 0 Å². The van der Waals surface area contributed by atoms with Gasteiger partial charge in [0, 0.05) is 57.1 Å². The van der Waals surface area contributed by atoms with Gasteiger partial charge >= 0.3 is 5.97 Å². The van der Waals surface area contributed by atoms with E-state index in [2.05, 4.69) is 12.6 Å². The predicted molar refractivity (Wildman–Crippen MR) is 133 cm³/mol. The van der Waals surface area contributed by atoms with Gasteiger partial charge in [-0.15, -0.1) is 0 Å². The van der Waals surface area contributed by atoms with Crippen LogP contribution >= 0.6 is 12.6 Å². The molecule has 0 saturated heterocycles. The maximum atomic E-state index is 9.76. The van der Waals surface area contributed by atoms with Gasteiger partial charge in [-0.25, -0.2) is 0 Å². The number of hydrogen-bond acceptors (Lipinski definition) is 11. The molecule has 0 rings (SSSR count). The quantitative estimate of drug-likeness (QED) is 0.134. The molecule has 0 fully saturated rings. The van der Waals surface area contributed by atoms with E-state index in [9.17, 15) is 43.2 Å². The molecule has 0 aromatic carbocycles. The van der Waals surface area contributed by atoms with Crippen molar-refractivity contribution in [2.24, 2.45) is 5.73 Å². The highest BCUT2D eigenvalue weighted by molar-refractivity contribution is 7.80. The standard InChI is InChI=1S/4C5H8O2.C3H7NO2S/c4*6-4-2-1-3-5-7;4-2(1-7)3(5)6/h4*4-5H,1-3H2;2,7H,1,4H2,(H,5,6). The van der Waals surface area contributed by atoms with E-state index in [1.165, 1.54) is 0 Å². The van der Waals surface area contributed by atoms with Gasteiger partial charge in [-0.2, -0.15) is 12.6 Å². The first-order chi connectivity index (χ1) is 16.8. The van der Waals surface area contributed by atoms with Crippen molar-refractivity contribution >= 4 is 68.9 Å². The Labute approximate surface area is 212 Å². The molecule has 11 nitrogen and oxygen atoms in total. The number of rotatable bonds is 18. The van der Waals surface area contributed by atoms with Crippen LogP contribution in [0.2, 0.25) is 0 Å². The summed E-state index contributed by atoms with van der Waals surface area (Å²) in [5.74, 6) is -0.815. The van der Waals surface area contributed by atoms with Crippen molar-refractivity contribution in [1.82, 2.24) is 0 Å². The molecule has 0 aliphatic rings. The van der Waals surface area contributed by atoms with E-state index < -0.39 is 12.0 Å². The van der Waals surface area contributed by atoms with E-state index in [1.807, 2.05) is 0 Å². The largest absolute Gasteiger partial charge is 0.480 e. The number of unbranched alkanes of at least 4 members (excludes halogenated alkanes) is 8. The van der Waals surface area contributed by atoms with E-state index in [-0.39, 0.29) is 5.75 Å². The fraction of sp³-hybridized carbons (Fsp3) is 0.609. The van der Waals surface area contributed by atoms with Gasteiger partial charge in [-0.3, -0.25) is 4.79 Å². The molecule has 1 atom stereocenters. The highest BCUT2D eigenvalue weighted by atomic mass is 32.1. The topological polar surface area (TPSA) is 200 Å². The van der Waals surface area contributed by atoms with E-state index >= 15 is 0 Å². The summed E-state index contributed by atoms with van der Waals surface area (Å²) in [7, 11) is 0. The van der Waals surface area contributed by atoms with Crippen molar-refractivity contribution in [3.63, 3.8) is 0 Å². The normalized spacial score (nSPS) is 9.09. The molecular weight excluding hydrogens is 482 g/mol. The van der Waals surface area contributed by atoms with Crippen LogP contribution in [0.25, 0.3) is 0 Å². The molecule has 3 N–H and O–H groups in total. The number of thiol groups is 1. The summed E-state index contributed by atoms with van der Waals surface area (Å²) in [5.41, 5.74) is 4.94. The van der Waals surface area contributed by atoms with Crippen molar-refractivity contribution in [2.45, 2.75) is 83.1 Å². The minimum atomic E-state index is -1.00. The fourth-order valence-electron chi connectivity index (χ4n) is 1.22. The summed E-state index contributed by atoms with van der Waals surface area (Å²) in [6.07, 6.45) is 13.5. The van der Waals surface area contributed by atoms with Gasteiger partial charge in [0.15, 0.2) is 0 Å². The Balaban J connectivity index is -0.000000107. The molecule has 0 aliphatic heterocycles. The van der Waals surface area contributed by atoms with Crippen LogP contribution in [0.1, 0.15) is 77.0 Å². The zero-order valence-electron chi connectivity index (χ0n) is 20.0.